The molecule has 2 aromatic rings. The van der Waals surface area contributed by atoms with Crippen LogP contribution in [0.2, 0.25) is 0 Å². The van der Waals surface area contributed by atoms with E-state index in [-0.39, 0.29) is 5.82 Å². The van der Waals surface area contributed by atoms with Gasteiger partial charge in [0.25, 0.3) is 0 Å². The van der Waals surface area contributed by atoms with Gasteiger partial charge in [-0.1, -0.05) is 23.2 Å². The molecule has 0 aliphatic rings. The van der Waals surface area contributed by atoms with Crippen LogP contribution < -0.4 is 5.32 Å². The molecule has 0 bridgehead atoms. The zero-order chi connectivity index (χ0) is 14.6. The summed E-state index contributed by atoms with van der Waals surface area (Å²) in [5.41, 5.74) is 0.463. The molecule has 1 heterocycles. The molecule has 0 unspecified atom stereocenters. The first-order chi connectivity index (χ1) is 9.54. The number of terminal acetylenes is 1. The standard InChI is InChI=1S/C15H16FN3O/c1-4-9-17-10-13-18-14(19-20-13)15(2,3)11-5-7-12(16)8-6-11/h1,5-8,17H,9-10H2,2-3H3. The van der Waals surface area contributed by atoms with E-state index in [0.717, 1.165) is 5.56 Å². The van der Waals surface area contributed by atoms with Gasteiger partial charge >= 0.3 is 0 Å². The molecule has 0 radical (unpaired) electrons. The van der Waals surface area contributed by atoms with Crippen molar-refractivity contribution in [1.82, 2.24) is 15.5 Å². The third-order valence-electron chi connectivity index (χ3n) is 3.10. The predicted molar refractivity (Wildman–Crippen MR) is 73.4 cm³/mol. The fourth-order valence-electron chi connectivity index (χ4n) is 1.82. The molecule has 0 saturated heterocycles. The number of aromatic nitrogens is 2. The van der Waals surface area contributed by atoms with Gasteiger partial charge in [-0.15, -0.1) is 6.42 Å². The van der Waals surface area contributed by atoms with Crippen molar-refractivity contribution in [1.29, 1.82) is 0 Å². The average molecular weight is 273 g/mol. The highest BCUT2D eigenvalue weighted by atomic mass is 19.1. The Labute approximate surface area is 117 Å². The van der Waals surface area contributed by atoms with E-state index >= 15 is 0 Å². The van der Waals surface area contributed by atoms with Crippen molar-refractivity contribution < 1.29 is 8.91 Å². The molecular weight excluding hydrogens is 257 g/mol. The summed E-state index contributed by atoms with van der Waals surface area (Å²) in [6.07, 6.45) is 5.15. The van der Waals surface area contributed by atoms with Crippen LogP contribution in [0.1, 0.15) is 31.1 Å². The minimum Gasteiger partial charge on any atom is -0.338 e. The lowest BCUT2D eigenvalue weighted by atomic mass is 9.84. The molecule has 4 nitrogen and oxygen atoms in total. The molecule has 20 heavy (non-hydrogen) atoms. The zero-order valence-electron chi connectivity index (χ0n) is 11.5. The molecule has 0 fully saturated rings. The molecular formula is C15H16FN3O. The summed E-state index contributed by atoms with van der Waals surface area (Å²) in [7, 11) is 0. The lowest BCUT2D eigenvalue weighted by Crippen LogP contribution is -2.21. The topological polar surface area (TPSA) is 51.0 Å². The van der Waals surface area contributed by atoms with E-state index in [1.807, 2.05) is 13.8 Å². The van der Waals surface area contributed by atoms with Gasteiger partial charge in [0.1, 0.15) is 5.82 Å². The van der Waals surface area contributed by atoms with Gasteiger partial charge < -0.3 is 4.52 Å². The van der Waals surface area contributed by atoms with E-state index in [9.17, 15) is 4.39 Å². The van der Waals surface area contributed by atoms with Gasteiger partial charge in [-0.05, 0) is 31.5 Å². The van der Waals surface area contributed by atoms with Crippen LogP contribution in [-0.2, 0) is 12.0 Å². The highest BCUT2D eigenvalue weighted by Gasteiger charge is 2.28. The van der Waals surface area contributed by atoms with Crippen molar-refractivity contribution in [3.05, 3.63) is 47.4 Å². The van der Waals surface area contributed by atoms with Gasteiger partial charge in [-0.3, -0.25) is 5.32 Å². The second-order valence-corrected chi connectivity index (χ2v) is 4.95. The van der Waals surface area contributed by atoms with Crippen molar-refractivity contribution in [2.75, 3.05) is 6.54 Å². The first-order valence-electron chi connectivity index (χ1n) is 6.27. The summed E-state index contributed by atoms with van der Waals surface area (Å²) in [6, 6.07) is 6.29. The molecule has 104 valence electrons. The van der Waals surface area contributed by atoms with Crippen molar-refractivity contribution >= 4 is 0 Å². The largest absolute Gasteiger partial charge is 0.338 e. The molecule has 1 N–H and O–H groups in total. The molecule has 0 spiro atoms. The van der Waals surface area contributed by atoms with E-state index in [4.69, 9.17) is 10.9 Å². The zero-order valence-corrected chi connectivity index (χ0v) is 11.5. The van der Waals surface area contributed by atoms with Crippen LogP contribution in [-0.4, -0.2) is 16.7 Å². The van der Waals surface area contributed by atoms with E-state index in [2.05, 4.69) is 21.4 Å². The van der Waals surface area contributed by atoms with Crippen LogP contribution >= 0.6 is 0 Å². The first-order valence-corrected chi connectivity index (χ1v) is 6.27. The van der Waals surface area contributed by atoms with Gasteiger partial charge in [0, 0.05) is 0 Å². The Morgan fingerprint density at radius 1 is 1.35 bits per heavy atom. The van der Waals surface area contributed by atoms with Crippen LogP contribution in [0.15, 0.2) is 28.8 Å². The highest BCUT2D eigenvalue weighted by molar-refractivity contribution is 5.30. The second kappa shape index (κ2) is 5.85. The molecule has 0 amide bonds. The Morgan fingerprint density at radius 2 is 2.05 bits per heavy atom. The van der Waals surface area contributed by atoms with E-state index in [0.29, 0.717) is 24.8 Å². The van der Waals surface area contributed by atoms with Crippen molar-refractivity contribution in [3.63, 3.8) is 0 Å². The molecule has 1 aromatic carbocycles. The quantitative estimate of drug-likeness (QED) is 0.670. The third kappa shape index (κ3) is 3.03. The van der Waals surface area contributed by atoms with Crippen molar-refractivity contribution in [3.8, 4) is 12.3 Å². The Kier molecular flexibility index (Phi) is 4.16. The number of hydrogen-bond donors (Lipinski definition) is 1. The normalized spacial score (nSPS) is 11.3. The number of halogens is 1. The number of rotatable bonds is 5. The van der Waals surface area contributed by atoms with Crippen LogP contribution in [0.25, 0.3) is 0 Å². The SMILES string of the molecule is C#CCNCc1nc(C(C)(C)c2ccc(F)cc2)no1. The van der Waals surface area contributed by atoms with Gasteiger partial charge in [0.2, 0.25) is 5.89 Å². The first kappa shape index (κ1) is 14.2. The Balaban J connectivity index is 2.17. The number of hydrogen-bond acceptors (Lipinski definition) is 4. The van der Waals surface area contributed by atoms with Crippen molar-refractivity contribution in [2.45, 2.75) is 25.8 Å². The van der Waals surface area contributed by atoms with Crippen LogP contribution in [0.3, 0.4) is 0 Å². The lowest BCUT2D eigenvalue weighted by Gasteiger charge is -2.20. The van der Waals surface area contributed by atoms with Gasteiger partial charge in [-0.25, -0.2) is 4.39 Å². The monoisotopic (exact) mass is 273 g/mol. The second-order valence-electron chi connectivity index (χ2n) is 4.95. The molecule has 0 atom stereocenters. The molecule has 0 aliphatic carbocycles. The number of nitrogens with zero attached hydrogens (tertiary/aromatic N) is 2. The molecule has 1 aromatic heterocycles. The fraction of sp³-hybridized carbons (Fsp3) is 0.333. The average Bonchev–Trinajstić information content (AvgIpc) is 2.89. The summed E-state index contributed by atoms with van der Waals surface area (Å²) in [6.45, 7) is 4.79. The fourth-order valence-corrected chi connectivity index (χ4v) is 1.82. The predicted octanol–water partition coefficient (Wildman–Crippen LogP) is 2.26. The Hall–Kier alpha value is -2.19. The van der Waals surface area contributed by atoms with Gasteiger partial charge in [0.05, 0.1) is 18.5 Å². The maximum atomic E-state index is 13.0. The summed E-state index contributed by atoms with van der Waals surface area (Å²) < 4.78 is 18.2. The summed E-state index contributed by atoms with van der Waals surface area (Å²) in [5, 5.41) is 6.98. The highest BCUT2D eigenvalue weighted by Crippen LogP contribution is 2.29. The smallest absolute Gasteiger partial charge is 0.240 e. The van der Waals surface area contributed by atoms with Gasteiger partial charge in [-0.2, -0.15) is 4.98 Å². The third-order valence-corrected chi connectivity index (χ3v) is 3.10. The molecule has 2 rings (SSSR count). The Morgan fingerprint density at radius 3 is 2.70 bits per heavy atom. The van der Waals surface area contributed by atoms with E-state index in [1.54, 1.807) is 12.1 Å². The minimum absolute atomic E-state index is 0.267. The molecule has 0 saturated carbocycles. The van der Waals surface area contributed by atoms with Crippen LogP contribution in [0.5, 0.6) is 0 Å². The van der Waals surface area contributed by atoms with Crippen LogP contribution in [0, 0.1) is 18.2 Å². The van der Waals surface area contributed by atoms with Crippen molar-refractivity contribution in [2.24, 2.45) is 0 Å². The summed E-state index contributed by atoms with van der Waals surface area (Å²) >= 11 is 0. The molecule has 5 heteroatoms. The number of nitrogens with one attached hydrogen (secondary N) is 1. The summed E-state index contributed by atoms with van der Waals surface area (Å²) in [4.78, 5) is 4.35. The van der Waals surface area contributed by atoms with E-state index in [1.165, 1.54) is 12.1 Å². The minimum atomic E-state index is -0.457. The molecule has 0 aliphatic heterocycles. The Bertz CT molecular complexity index is 611. The lowest BCUT2D eigenvalue weighted by molar-refractivity contribution is 0.359. The van der Waals surface area contributed by atoms with E-state index < -0.39 is 5.41 Å². The maximum absolute atomic E-state index is 13.0. The van der Waals surface area contributed by atoms with Gasteiger partial charge in [0.15, 0.2) is 5.82 Å². The number of benzene rings is 1. The van der Waals surface area contributed by atoms with Crippen LogP contribution in [0.4, 0.5) is 4.39 Å². The summed E-state index contributed by atoms with van der Waals surface area (Å²) in [5.74, 6) is 3.24. The maximum Gasteiger partial charge on any atom is 0.240 e.